The summed E-state index contributed by atoms with van der Waals surface area (Å²) in [7, 11) is 0. The van der Waals surface area contributed by atoms with Gasteiger partial charge in [-0.3, -0.25) is 4.90 Å². The summed E-state index contributed by atoms with van der Waals surface area (Å²) in [6.45, 7) is 7.67. The molecule has 0 amide bonds. The Morgan fingerprint density at radius 2 is 2.07 bits per heavy atom. The molecule has 0 aliphatic carbocycles. The van der Waals surface area contributed by atoms with Gasteiger partial charge in [0.15, 0.2) is 5.96 Å². The second-order valence-electron chi connectivity index (χ2n) is 7.00. The van der Waals surface area contributed by atoms with Crippen LogP contribution in [0.5, 0.6) is 0 Å². The van der Waals surface area contributed by atoms with Crippen molar-refractivity contribution in [3.05, 3.63) is 58.0 Å². The van der Waals surface area contributed by atoms with Crippen LogP contribution in [0.25, 0.3) is 0 Å². The molecule has 1 aromatic heterocycles. The molecule has 1 aromatic carbocycles. The summed E-state index contributed by atoms with van der Waals surface area (Å²) in [5.74, 6) is 1.26. The summed E-state index contributed by atoms with van der Waals surface area (Å²) in [4.78, 5) is 8.59. The molecule has 27 heavy (non-hydrogen) atoms. The van der Waals surface area contributed by atoms with Gasteiger partial charge in [0.2, 0.25) is 0 Å². The van der Waals surface area contributed by atoms with Crippen molar-refractivity contribution in [3.63, 3.8) is 0 Å². The molecule has 6 heteroatoms. The predicted octanol–water partition coefficient (Wildman–Crippen LogP) is 3.85. The fourth-order valence-corrected chi connectivity index (χ4v) is 4.11. The van der Waals surface area contributed by atoms with E-state index in [2.05, 4.69) is 45.0 Å². The van der Waals surface area contributed by atoms with E-state index in [9.17, 15) is 4.39 Å². The lowest BCUT2D eigenvalue weighted by molar-refractivity contribution is 0.179. The Bertz CT molecular complexity index is 709. The van der Waals surface area contributed by atoms with Crippen LogP contribution in [0.1, 0.15) is 30.2 Å². The van der Waals surface area contributed by atoms with E-state index in [4.69, 9.17) is 0 Å². The lowest BCUT2D eigenvalue weighted by Crippen LogP contribution is -2.42. The SMILES string of the molecule is CCNC(=NCc1cccc(F)c1)NCC1CCN(Cc2cccs2)CC1. The van der Waals surface area contributed by atoms with Gasteiger partial charge in [-0.2, -0.15) is 0 Å². The minimum atomic E-state index is -0.213. The van der Waals surface area contributed by atoms with Crippen LogP contribution >= 0.6 is 11.3 Å². The van der Waals surface area contributed by atoms with E-state index in [-0.39, 0.29) is 5.82 Å². The number of halogens is 1. The van der Waals surface area contributed by atoms with Gasteiger partial charge in [0.05, 0.1) is 6.54 Å². The Kier molecular flexibility index (Phi) is 7.66. The predicted molar refractivity (Wildman–Crippen MR) is 112 cm³/mol. The fraction of sp³-hybridized carbons (Fsp3) is 0.476. The second kappa shape index (κ2) is 10.4. The molecule has 0 spiro atoms. The Labute approximate surface area is 165 Å². The Balaban J connectivity index is 1.43. The summed E-state index contributed by atoms with van der Waals surface area (Å²) >= 11 is 1.84. The average Bonchev–Trinajstić information content (AvgIpc) is 3.18. The Hall–Kier alpha value is -1.92. The van der Waals surface area contributed by atoms with Gasteiger partial charge in [-0.25, -0.2) is 9.38 Å². The first kappa shape index (κ1) is 19.8. The highest BCUT2D eigenvalue weighted by atomic mass is 32.1. The second-order valence-corrected chi connectivity index (χ2v) is 8.04. The van der Waals surface area contributed by atoms with E-state index in [1.165, 1.54) is 29.9 Å². The van der Waals surface area contributed by atoms with Gasteiger partial charge in [0.25, 0.3) is 0 Å². The van der Waals surface area contributed by atoms with Crippen LogP contribution in [0.3, 0.4) is 0 Å². The molecule has 2 N–H and O–H groups in total. The number of guanidine groups is 1. The maximum absolute atomic E-state index is 13.3. The molecule has 2 aromatic rings. The standard InChI is InChI=1S/C21H29FN4S/c1-2-23-21(25-15-18-5-3-6-19(22)13-18)24-14-17-8-10-26(11-9-17)16-20-7-4-12-27-20/h3-7,12-13,17H,2,8-11,14-16H2,1H3,(H2,23,24,25). The lowest BCUT2D eigenvalue weighted by atomic mass is 9.97. The highest BCUT2D eigenvalue weighted by Gasteiger charge is 2.19. The zero-order chi connectivity index (χ0) is 18.9. The molecule has 2 heterocycles. The molecule has 1 fully saturated rings. The minimum absolute atomic E-state index is 0.213. The van der Waals surface area contributed by atoms with Gasteiger partial charge in [0.1, 0.15) is 5.82 Å². The maximum Gasteiger partial charge on any atom is 0.191 e. The van der Waals surface area contributed by atoms with Gasteiger partial charge in [-0.15, -0.1) is 11.3 Å². The molecular weight excluding hydrogens is 359 g/mol. The molecule has 3 rings (SSSR count). The van der Waals surface area contributed by atoms with Crippen LogP contribution in [-0.2, 0) is 13.1 Å². The molecule has 1 aliphatic heterocycles. The molecule has 0 bridgehead atoms. The molecular formula is C21H29FN4S. The monoisotopic (exact) mass is 388 g/mol. The number of piperidine rings is 1. The molecule has 1 saturated heterocycles. The highest BCUT2D eigenvalue weighted by molar-refractivity contribution is 7.09. The van der Waals surface area contributed by atoms with Gasteiger partial charge < -0.3 is 10.6 Å². The fourth-order valence-electron chi connectivity index (χ4n) is 3.36. The van der Waals surface area contributed by atoms with Gasteiger partial charge >= 0.3 is 0 Å². The summed E-state index contributed by atoms with van der Waals surface area (Å²) < 4.78 is 13.3. The van der Waals surface area contributed by atoms with Gasteiger partial charge in [-0.05, 0) is 67.9 Å². The average molecular weight is 389 g/mol. The minimum Gasteiger partial charge on any atom is -0.357 e. The van der Waals surface area contributed by atoms with Crippen LogP contribution < -0.4 is 10.6 Å². The van der Waals surface area contributed by atoms with E-state index in [0.717, 1.165) is 44.2 Å². The molecule has 4 nitrogen and oxygen atoms in total. The number of nitrogens with one attached hydrogen (secondary N) is 2. The van der Waals surface area contributed by atoms with Crippen LogP contribution in [0, 0.1) is 11.7 Å². The van der Waals surface area contributed by atoms with Gasteiger partial charge in [0, 0.05) is 24.5 Å². The third-order valence-corrected chi connectivity index (χ3v) is 5.74. The van der Waals surface area contributed by atoms with Crippen molar-refractivity contribution in [1.29, 1.82) is 0 Å². The van der Waals surface area contributed by atoms with Crippen LogP contribution in [0.4, 0.5) is 4.39 Å². The number of nitrogens with zero attached hydrogens (tertiary/aromatic N) is 2. The van der Waals surface area contributed by atoms with Crippen molar-refractivity contribution in [2.24, 2.45) is 10.9 Å². The number of benzene rings is 1. The van der Waals surface area contributed by atoms with Crippen molar-refractivity contribution >= 4 is 17.3 Å². The van der Waals surface area contributed by atoms with Crippen molar-refractivity contribution in [2.75, 3.05) is 26.2 Å². The van der Waals surface area contributed by atoms with Crippen molar-refractivity contribution < 1.29 is 4.39 Å². The van der Waals surface area contributed by atoms with E-state index in [1.54, 1.807) is 6.07 Å². The third-order valence-electron chi connectivity index (χ3n) is 4.88. The first-order valence-electron chi connectivity index (χ1n) is 9.74. The van der Waals surface area contributed by atoms with Crippen molar-refractivity contribution in [2.45, 2.75) is 32.9 Å². The van der Waals surface area contributed by atoms with E-state index >= 15 is 0 Å². The number of hydrogen-bond acceptors (Lipinski definition) is 3. The smallest absolute Gasteiger partial charge is 0.191 e. The number of aliphatic imine (C=N–C) groups is 1. The van der Waals surface area contributed by atoms with Crippen molar-refractivity contribution in [1.82, 2.24) is 15.5 Å². The van der Waals surface area contributed by atoms with Crippen LogP contribution in [-0.4, -0.2) is 37.0 Å². The highest BCUT2D eigenvalue weighted by Crippen LogP contribution is 2.20. The third kappa shape index (κ3) is 6.63. The molecule has 0 unspecified atom stereocenters. The molecule has 146 valence electrons. The summed E-state index contributed by atoms with van der Waals surface area (Å²) in [6.07, 6.45) is 2.42. The summed E-state index contributed by atoms with van der Waals surface area (Å²) in [6, 6.07) is 11.0. The first-order chi connectivity index (χ1) is 13.2. The Morgan fingerprint density at radius 1 is 1.22 bits per heavy atom. The van der Waals surface area contributed by atoms with E-state index in [0.29, 0.717) is 12.5 Å². The largest absolute Gasteiger partial charge is 0.357 e. The summed E-state index contributed by atoms with van der Waals surface area (Å²) in [5, 5.41) is 8.90. The number of likely N-dealkylation sites (tertiary alicyclic amines) is 1. The van der Waals surface area contributed by atoms with Crippen LogP contribution in [0.15, 0.2) is 46.8 Å². The zero-order valence-corrected chi connectivity index (χ0v) is 16.8. The Morgan fingerprint density at radius 3 is 2.78 bits per heavy atom. The summed E-state index contributed by atoms with van der Waals surface area (Å²) in [5.41, 5.74) is 0.883. The van der Waals surface area contributed by atoms with Crippen LogP contribution in [0.2, 0.25) is 0 Å². The van der Waals surface area contributed by atoms with Gasteiger partial charge in [-0.1, -0.05) is 18.2 Å². The normalized spacial score (nSPS) is 16.4. The number of hydrogen-bond donors (Lipinski definition) is 2. The van der Waals surface area contributed by atoms with E-state index in [1.807, 2.05) is 17.4 Å². The molecule has 1 aliphatic rings. The first-order valence-corrected chi connectivity index (χ1v) is 10.6. The molecule has 0 atom stereocenters. The molecule has 0 saturated carbocycles. The zero-order valence-electron chi connectivity index (χ0n) is 16.0. The van der Waals surface area contributed by atoms with Crippen molar-refractivity contribution in [3.8, 4) is 0 Å². The quantitative estimate of drug-likeness (QED) is 0.559. The number of rotatable bonds is 7. The molecule has 0 radical (unpaired) electrons. The lowest BCUT2D eigenvalue weighted by Gasteiger charge is -2.32. The topological polar surface area (TPSA) is 39.7 Å². The van der Waals surface area contributed by atoms with E-state index < -0.39 is 0 Å². The number of thiophene rings is 1. The maximum atomic E-state index is 13.3.